The highest BCUT2D eigenvalue weighted by Crippen LogP contribution is 2.30. The number of rotatable bonds is 9. The number of ether oxygens (including phenoxy) is 2. The number of amides is 1. The zero-order valence-electron chi connectivity index (χ0n) is 19.3. The lowest BCUT2D eigenvalue weighted by molar-refractivity contribution is 0.102. The van der Waals surface area contributed by atoms with Crippen LogP contribution in [0.15, 0.2) is 102 Å². The molecule has 5 heteroatoms. The molecule has 1 N–H and O–H groups in total. The zero-order valence-corrected chi connectivity index (χ0v) is 20.1. The number of hydrogen-bond donors (Lipinski definition) is 1. The number of hydrogen-bond acceptors (Lipinski definition) is 4. The zero-order chi connectivity index (χ0) is 23.8. The van der Waals surface area contributed by atoms with E-state index in [-0.39, 0.29) is 5.91 Å². The Labute approximate surface area is 204 Å². The summed E-state index contributed by atoms with van der Waals surface area (Å²) in [6, 6.07) is 30.9. The molecule has 4 rings (SSSR count). The van der Waals surface area contributed by atoms with Crippen LogP contribution in [0.2, 0.25) is 0 Å². The topological polar surface area (TPSA) is 47.6 Å². The largest absolute Gasteiger partial charge is 0.494 e. The second-order valence-corrected chi connectivity index (χ2v) is 8.80. The molecule has 1 amide bonds. The van der Waals surface area contributed by atoms with Gasteiger partial charge in [-0.15, -0.1) is 11.8 Å². The Balaban J connectivity index is 1.43. The fourth-order valence-electron chi connectivity index (χ4n) is 3.36. The Morgan fingerprint density at radius 3 is 2.26 bits per heavy atom. The molecule has 0 saturated heterocycles. The number of aryl methyl sites for hydroxylation is 1. The molecule has 4 aromatic carbocycles. The lowest BCUT2D eigenvalue weighted by Gasteiger charge is -2.13. The average Bonchev–Trinajstić information content (AvgIpc) is 2.86. The maximum absolute atomic E-state index is 12.9. The molecule has 0 spiro atoms. The molecule has 0 saturated carbocycles. The quantitative estimate of drug-likeness (QED) is 0.255. The summed E-state index contributed by atoms with van der Waals surface area (Å²) in [6.45, 7) is 4.61. The molecular weight excluding hydrogens is 442 g/mol. The third-order valence-electron chi connectivity index (χ3n) is 5.13. The van der Waals surface area contributed by atoms with Crippen molar-refractivity contribution in [2.75, 3.05) is 11.9 Å². The van der Waals surface area contributed by atoms with Gasteiger partial charge in [-0.25, -0.2) is 0 Å². The van der Waals surface area contributed by atoms with Crippen LogP contribution in [0.4, 0.5) is 5.69 Å². The molecular formula is C29H27NO3S. The third-order valence-corrected chi connectivity index (χ3v) is 6.19. The van der Waals surface area contributed by atoms with Crippen molar-refractivity contribution in [2.45, 2.75) is 24.5 Å². The van der Waals surface area contributed by atoms with Gasteiger partial charge in [0, 0.05) is 27.5 Å². The number of thioether (sulfide) groups is 1. The maximum Gasteiger partial charge on any atom is 0.255 e. The molecule has 0 radical (unpaired) electrons. The SMILES string of the molecule is CCOc1ccc(C(=O)Nc2ccc(Oc3ccccc3)cc2)cc1CSc1ccc(C)cc1. The number of para-hydroxylation sites is 1. The van der Waals surface area contributed by atoms with Gasteiger partial charge in [-0.2, -0.15) is 0 Å². The summed E-state index contributed by atoms with van der Waals surface area (Å²) >= 11 is 1.72. The predicted molar refractivity (Wildman–Crippen MR) is 139 cm³/mol. The highest BCUT2D eigenvalue weighted by Gasteiger charge is 2.12. The van der Waals surface area contributed by atoms with Crippen LogP contribution in [0.25, 0.3) is 0 Å². The average molecular weight is 470 g/mol. The Morgan fingerprint density at radius 1 is 0.853 bits per heavy atom. The van der Waals surface area contributed by atoms with E-state index >= 15 is 0 Å². The minimum atomic E-state index is -0.165. The number of nitrogens with one attached hydrogen (secondary N) is 1. The van der Waals surface area contributed by atoms with Crippen LogP contribution in [-0.2, 0) is 5.75 Å². The molecule has 0 aromatic heterocycles. The summed E-state index contributed by atoms with van der Waals surface area (Å²) in [5.41, 5.74) is 3.52. The fourth-order valence-corrected chi connectivity index (χ4v) is 4.24. The molecule has 34 heavy (non-hydrogen) atoms. The molecule has 0 bridgehead atoms. The molecule has 0 aliphatic rings. The van der Waals surface area contributed by atoms with Gasteiger partial charge in [0.15, 0.2) is 0 Å². The molecule has 4 aromatic rings. The van der Waals surface area contributed by atoms with Gasteiger partial charge in [0.05, 0.1) is 6.61 Å². The lowest BCUT2D eigenvalue weighted by atomic mass is 10.1. The smallest absolute Gasteiger partial charge is 0.255 e. The molecule has 0 atom stereocenters. The van der Waals surface area contributed by atoms with Gasteiger partial charge in [-0.1, -0.05) is 35.9 Å². The Hall–Kier alpha value is -3.70. The van der Waals surface area contributed by atoms with Gasteiger partial charge in [-0.3, -0.25) is 4.79 Å². The van der Waals surface area contributed by atoms with Gasteiger partial charge in [-0.05, 0) is 80.6 Å². The standard InChI is InChI=1S/C29H27NO3S/c1-3-32-28-18-11-22(19-23(28)20-34-27-16-9-21(2)10-17-27)29(31)30-24-12-14-26(15-13-24)33-25-7-5-4-6-8-25/h4-19H,3,20H2,1-2H3,(H,30,31). The van der Waals surface area contributed by atoms with Crippen molar-refractivity contribution in [2.24, 2.45) is 0 Å². The van der Waals surface area contributed by atoms with Gasteiger partial charge in [0.1, 0.15) is 17.2 Å². The molecule has 0 aliphatic heterocycles. The second-order valence-electron chi connectivity index (χ2n) is 7.75. The first kappa shape index (κ1) is 23.5. The fraction of sp³-hybridized carbons (Fsp3) is 0.138. The second kappa shape index (κ2) is 11.4. The molecule has 0 fully saturated rings. The first-order valence-electron chi connectivity index (χ1n) is 11.2. The van der Waals surface area contributed by atoms with Gasteiger partial charge in [0.25, 0.3) is 5.91 Å². The normalized spacial score (nSPS) is 10.5. The number of anilines is 1. The van der Waals surface area contributed by atoms with Crippen molar-refractivity contribution in [1.82, 2.24) is 0 Å². The van der Waals surface area contributed by atoms with E-state index in [1.165, 1.54) is 10.5 Å². The van der Waals surface area contributed by atoms with Gasteiger partial charge in [0.2, 0.25) is 0 Å². The van der Waals surface area contributed by atoms with Gasteiger partial charge >= 0.3 is 0 Å². The van der Waals surface area contributed by atoms with Crippen LogP contribution in [0.1, 0.15) is 28.4 Å². The highest BCUT2D eigenvalue weighted by atomic mass is 32.2. The van der Waals surface area contributed by atoms with Crippen LogP contribution in [0, 0.1) is 6.92 Å². The van der Waals surface area contributed by atoms with E-state index in [1.54, 1.807) is 17.8 Å². The maximum atomic E-state index is 12.9. The molecule has 0 unspecified atom stereocenters. The van der Waals surface area contributed by atoms with Crippen LogP contribution in [-0.4, -0.2) is 12.5 Å². The molecule has 0 heterocycles. The lowest BCUT2D eigenvalue weighted by Crippen LogP contribution is -2.12. The first-order valence-corrected chi connectivity index (χ1v) is 12.2. The van der Waals surface area contributed by atoms with Gasteiger partial charge < -0.3 is 14.8 Å². The third kappa shape index (κ3) is 6.42. The summed E-state index contributed by atoms with van der Waals surface area (Å²) in [5, 5.41) is 2.97. The number of benzene rings is 4. The van der Waals surface area contributed by atoms with Crippen molar-refractivity contribution >= 4 is 23.4 Å². The van der Waals surface area contributed by atoms with Crippen molar-refractivity contribution in [3.05, 3.63) is 114 Å². The van der Waals surface area contributed by atoms with Crippen molar-refractivity contribution in [3.8, 4) is 17.2 Å². The van der Waals surface area contributed by atoms with E-state index in [2.05, 4.69) is 36.5 Å². The first-order chi connectivity index (χ1) is 16.6. The van der Waals surface area contributed by atoms with Crippen molar-refractivity contribution < 1.29 is 14.3 Å². The molecule has 0 aliphatic carbocycles. The van der Waals surface area contributed by atoms with Crippen LogP contribution >= 0.6 is 11.8 Å². The minimum Gasteiger partial charge on any atom is -0.494 e. The van der Waals surface area contributed by atoms with E-state index in [0.29, 0.717) is 29.4 Å². The summed E-state index contributed by atoms with van der Waals surface area (Å²) in [5.74, 6) is 2.83. The summed E-state index contributed by atoms with van der Waals surface area (Å²) in [7, 11) is 0. The van der Waals surface area contributed by atoms with E-state index < -0.39 is 0 Å². The van der Waals surface area contributed by atoms with Crippen LogP contribution in [0.5, 0.6) is 17.2 Å². The Morgan fingerprint density at radius 2 is 1.56 bits per heavy atom. The van der Waals surface area contributed by atoms with Crippen LogP contribution in [0.3, 0.4) is 0 Å². The Kier molecular flexibility index (Phi) is 7.89. The number of carbonyl (C=O) groups is 1. The van der Waals surface area contributed by atoms with E-state index in [4.69, 9.17) is 9.47 Å². The predicted octanol–water partition coefficient (Wildman–Crippen LogP) is 7.73. The summed E-state index contributed by atoms with van der Waals surface area (Å²) < 4.78 is 11.6. The Bertz CT molecular complexity index is 1220. The monoisotopic (exact) mass is 469 g/mol. The van der Waals surface area contributed by atoms with Crippen molar-refractivity contribution in [1.29, 1.82) is 0 Å². The van der Waals surface area contributed by atoms with Crippen molar-refractivity contribution in [3.63, 3.8) is 0 Å². The van der Waals surface area contributed by atoms with E-state index in [0.717, 1.165) is 17.1 Å². The number of carbonyl (C=O) groups excluding carboxylic acids is 1. The van der Waals surface area contributed by atoms with Crippen LogP contribution < -0.4 is 14.8 Å². The van der Waals surface area contributed by atoms with E-state index in [9.17, 15) is 4.79 Å². The molecule has 4 nitrogen and oxygen atoms in total. The highest BCUT2D eigenvalue weighted by molar-refractivity contribution is 7.98. The summed E-state index contributed by atoms with van der Waals surface area (Å²) in [4.78, 5) is 14.1. The summed E-state index contributed by atoms with van der Waals surface area (Å²) in [6.07, 6.45) is 0. The minimum absolute atomic E-state index is 0.165. The van der Waals surface area contributed by atoms with E-state index in [1.807, 2.05) is 73.7 Å². The molecule has 172 valence electrons.